The van der Waals surface area contributed by atoms with Gasteiger partial charge in [0.25, 0.3) is 5.56 Å². The van der Waals surface area contributed by atoms with Crippen molar-refractivity contribution in [1.82, 2.24) is 20.2 Å². The van der Waals surface area contributed by atoms with E-state index in [0.29, 0.717) is 35.8 Å². The van der Waals surface area contributed by atoms with Crippen LogP contribution in [0.5, 0.6) is 11.5 Å². The van der Waals surface area contributed by atoms with Crippen LogP contribution in [-0.4, -0.2) is 52.1 Å². The van der Waals surface area contributed by atoms with Gasteiger partial charge in [-0.3, -0.25) is 4.79 Å². The first-order chi connectivity index (χ1) is 18.0. The second kappa shape index (κ2) is 12.2. The molecule has 0 saturated heterocycles. The summed E-state index contributed by atoms with van der Waals surface area (Å²) in [6.07, 6.45) is 3.11. The minimum atomic E-state index is -0.392. The molecule has 1 atom stereocenters. The fourth-order valence-corrected chi connectivity index (χ4v) is 4.09. The van der Waals surface area contributed by atoms with E-state index in [0.717, 1.165) is 35.5 Å². The van der Waals surface area contributed by atoms with E-state index in [2.05, 4.69) is 15.5 Å². The summed E-state index contributed by atoms with van der Waals surface area (Å²) in [6, 6.07) is 15.4. The van der Waals surface area contributed by atoms with Crippen LogP contribution in [0.3, 0.4) is 0 Å². The Bertz CT molecular complexity index is 1310. The zero-order valence-electron chi connectivity index (χ0n) is 21.3. The Labute approximate surface area is 215 Å². The molecule has 0 fully saturated rings. The number of rotatable bonds is 12. The van der Waals surface area contributed by atoms with Crippen molar-refractivity contribution in [2.75, 3.05) is 31.0 Å². The fourth-order valence-electron chi connectivity index (χ4n) is 4.09. The van der Waals surface area contributed by atoms with Gasteiger partial charge in [-0.2, -0.15) is 10.1 Å². The van der Waals surface area contributed by atoms with Gasteiger partial charge in [-0.25, -0.2) is 10.1 Å². The molecule has 0 amide bonds. The number of methoxy groups -OCH3 is 2. The number of nitrogens with zero attached hydrogens (tertiary/aromatic N) is 4. The molecule has 2 aromatic heterocycles. The average molecular weight is 505 g/mol. The van der Waals surface area contributed by atoms with Crippen LogP contribution in [0.4, 0.5) is 11.8 Å². The first-order valence-electron chi connectivity index (χ1n) is 12.2. The third-order valence-corrected chi connectivity index (χ3v) is 6.05. The zero-order chi connectivity index (χ0) is 26.2. The van der Waals surface area contributed by atoms with Crippen molar-refractivity contribution in [3.05, 3.63) is 76.2 Å². The Morgan fingerprint density at radius 1 is 0.973 bits per heavy atom. The highest BCUT2D eigenvalue weighted by Crippen LogP contribution is 2.25. The Kier molecular flexibility index (Phi) is 8.52. The molecule has 2 aromatic carbocycles. The van der Waals surface area contributed by atoms with Gasteiger partial charge in [0.15, 0.2) is 0 Å². The van der Waals surface area contributed by atoms with Gasteiger partial charge < -0.3 is 24.8 Å². The minimum Gasteiger partial charge on any atom is -0.497 e. The smallest absolute Gasteiger partial charge is 0.277 e. The van der Waals surface area contributed by atoms with E-state index in [4.69, 9.17) is 19.4 Å². The van der Waals surface area contributed by atoms with Crippen LogP contribution in [-0.2, 0) is 13.1 Å². The Hall–Kier alpha value is -4.18. The molecule has 0 aliphatic rings. The summed E-state index contributed by atoms with van der Waals surface area (Å²) in [7, 11) is 3.27. The number of H-pyrrole nitrogens is 1. The van der Waals surface area contributed by atoms with E-state index in [1.54, 1.807) is 14.2 Å². The first-order valence-corrected chi connectivity index (χ1v) is 12.2. The molecule has 0 spiro atoms. The van der Waals surface area contributed by atoms with Gasteiger partial charge in [-0.1, -0.05) is 37.6 Å². The number of ether oxygens (including phenoxy) is 2. The molecular weight excluding hydrogens is 472 g/mol. The van der Waals surface area contributed by atoms with Crippen molar-refractivity contribution >= 4 is 22.7 Å². The number of anilines is 2. The molecule has 4 aromatic rings. The van der Waals surface area contributed by atoms with Crippen molar-refractivity contribution < 1.29 is 14.6 Å². The number of fused-ring (bicyclic) bond motifs is 1. The van der Waals surface area contributed by atoms with Gasteiger partial charge in [0.05, 0.1) is 33.1 Å². The highest BCUT2D eigenvalue weighted by molar-refractivity contribution is 5.88. The summed E-state index contributed by atoms with van der Waals surface area (Å²) in [5.41, 5.74) is 2.10. The lowest BCUT2D eigenvalue weighted by molar-refractivity contribution is 0.268. The second-order valence-electron chi connectivity index (χ2n) is 8.70. The van der Waals surface area contributed by atoms with Crippen LogP contribution in [0, 0.1) is 0 Å². The SMILES string of the molecule is CCC[C@H](CO)Nc1nc(N(Cc2ccc(OC)cc2)Cc2ccc(OC)cc2)nc2cn[nH]c(=O)c12. The van der Waals surface area contributed by atoms with Crippen LogP contribution in [0.25, 0.3) is 10.9 Å². The number of hydrogen-bond acceptors (Lipinski definition) is 9. The van der Waals surface area contributed by atoms with Gasteiger partial charge in [0.2, 0.25) is 5.95 Å². The van der Waals surface area contributed by atoms with Crippen molar-refractivity contribution in [1.29, 1.82) is 0 Å². The van der Waals surface area contributed by atoms with Crippen LogP contribution in [0.15, 0.2) is 59.5 Å². The third-order valence-electron chi connectivity index (χ3n) is 6.05. The topological polar surface area (TPSA) is 125 Å². The maximum Gasteiger partial charge on any atom is 0.277 e. The molecule has 0 saturated carbocycles. The van der Waals surface area contributed by atoms with Gasteiger partial charge in [-0.05, 0) is 41.8 Å². The lowest BCUT2D eigenvalue weighted by atomic mass is 10.1. The van der Waals surface area contributed by atoms with Crippen LogP contribution < -0.4 is 25.2 Å². The Balaban J connectivity index is 1.78. The Morgan fingerprint density at radius 2 is 1.57 bits per heavy atom. The van der Waals surface area contributed by atoms with Crippen molar-refractivity contribution in [2.45, 2.75) is 38.9 Å². The largest absolute Gasteiger partial charge is 0.497 e. The third kappa shape index (κ3) is 6.34. The zero-order valence-corrected chi connectivity index (χ0v) is 21.3. The summed E-state index contributed by atoms with van der Waals surface area (Å²) in [5, 5.41) is 19.9. The monoisotopic (exact) mass is 504 g/mol. The lowest BCUT2D eigenvalue weighted by Crippen LogP contribution is -2.28. The molecule has 3 N–H and O–H groups in total. The molecule has 10 nitrogen and oxygen atoms in total. The molecule has 2 heterocycles. The molecule has 0 unspecified atom stereocenters. The van der Waals surface area contributed by atoms with Gasteiger partial charge in [-0.15, -0.1) is 0 Å². The standard InChI is InChI=1S/C27H32N6O4/c1-4-5-20(17-34)29-25-24-23(14-28-32-26(24)35)30-27(31-25)33(15-18-6-10-21(36-2)11-7-18)16-19-8-12-22(37-3)13-9-19/h6-14,20,34H,4-5,15-17H2,1-3H3,(H,32,35)(H,29,30,31)/t20-/m1/s1. The molecule has 0 radical (unpaired) electrons. The Morgan fingerprint density at radius 3 is 2.08 bits per heavy atom. The average Bonchev–Trinajstić information content (AvgIpc) is 2.93. The maximum atomic E-state index is 12.7. The molecule has 194 valence electrons. The predicted molar refractivity (Wildman–Crippen MR) is 143 cm³/mol. The summed E-state index contributed by atoms with van der Waals surface area (Å²) in [6.45, 7) is 2.97. The van der Waals surface area contributed by atoms with Gasteiger partial charge >= 0.3 is 0 Å². The summed E-state index contributed by atoms with van der Waals surface area (Å²) in [5.74, 6) is 2.35. The van der Waals surface area contributed by atoms with Crippen LogP contribution in [0.1, 0.15) is 30.9 Å². The molecule has 4 rings (SSSR count). The van der Waals surface area contributed by atoms with E-state index in [1.165, 1.54) is 6.20 Å². The van der Waals surface area contributed by atoms with E-state index in [-0.39, 0.29) is 12.6 Å². The molecule has 0 aliphatic carbocycles. The van der Waals surface area contributed by atoms with E-state index < -0.39 is 5.56 Å². The van der Waals surface area contributed by atoms with Gasteiger partial charge in [0.1, 0.15) is 28.2 Å². The molecule has 0 bridgehead atoms. The maximum absolute atomic E-state index is 12.7. The highest BCUT2D eigenvalue weighted by Gasteiger charge is 2.19. The predicted octanol–water partition coefficient (Wildman–Crippen LogP) is 3.51. The van der Waals surface area contributed by atoms with Crippen molar-refractivity contribution in [3.63, 3.8) is 0 Å². The molecule has 10 heteroatoms. The number of aromatic nitrogens is 4. The van der Waals surface area contributed by atoms with Crippen molar-refractivity contribution in [3.8, 4) is 11.5 Å². The quantitative estimate of drug-likeness (QED) is 0.266. The number of aliphatic hydroxyl groups excluding tert-OH is 1. The van der Waals surface area contributed by atoms with Gasteiger partial charge in [0, 0.05) is 13.1 Å². The number of nitrogens with one attached hydrogen (secondary N) is 2. The minimum absolute atomic E-state index is 0.0843. The summed E-state index contributed by atoms with van der Waals surface area (Å²) in [4.78, 5) is 24.2. The second-order valence-corrected chi connectivity index (χ2v) is 8.70. The number of aliphatic hydroxyl groups is 1. The van der Waals surface area contributed by atoms with E-state index in [1.807, 2.05) is 60.4 Å². The number of benzene rings is 2. The number of hydrogen-bond donors (Lipinski definition) is 3. The summed E-state index contributed by atoms with van der Waals surface area (Å²) < 4.78 is 10.6. The van der Waals surface area contributed by atoms with E-state index >= 15 is 0 Å². The van der Waals surface area contributed by atoms with E-state index in [9.17, 15) is 9.90 Å². The van der Waals surface area contributed by atoms with Crippen molar-refractivity contribution in [2.24, 2.45) is 0 Å². The molecule has 0 aliphatic heterocycles. The lowest BCUT2D eigenvalue weighted by Gasteiger charge is -2.25. The fraction of sp³-hybridized carbons (Fsp3) is 0.333. The molecular formula is C27H32N6O4. The highest BCUT2D eigenvalue weighted by atomic mass is 16.5. The first kappa shape index (κ1) is 25.9. The van der Waals surface area contributed by atoms with Crippen LogP contribution in [0.2, 0.25) is 0 Å². The normalized spacial score (nSPS) is 11.8. The molecule has 37 heavy (non-hydrogen) atoms. The summed E-state index contributed by atoms with van der Waals surface area (Å²) >= 11 is 0. The van der Waals surface area contributed by atoms with Crippen LogP contribution >= 0.6 is 0 Å². The number of aromatic amines is 1.